The zero-order chi connectivity index (χ0) is 18.0. The van der Waals surface area contributed by atoms with Gasteiger partial charge in [0, 0.05) is 23.5 Å². The Hall–Kier alpha value is -1.26. The van der Waals surface area contributed by atoms with E-state index >= 15 is 0 Å². The molecule has 1 heterocycles. The molecule has 2 fully saturated rings. The Morgan fingerprint density at radius 3 is 2.64 bits per heavy atom. The van der Waals surface area contributed by atoms with Crippen molar-refractivity contribution in [2.75, 3.05) is 19.7 Å². The van der Waals surface area contributed by atoms with E-state index in [1.54, 1.807) is 0 Å². The Bertz CT molecular complexity index is 613. The largest absolute Gasteiger partial charge is 0.490 e. The number of nitrogens with zero attached hydrogens (tertiary/aromatic N) is 1. The number of aryl methyl sites for hydroxylation is 1. The van der Waals surface area contributed by atoms with Crippen LogP contribution in [0.2, 0.25) is 5.02 Å². The molecule has 1 saturated heterocycles. The van der Waals surface area contributed by atoms with Gasteiger partial charge in [0.05, 0.1) is 18.6 Å². The lowest BCUT2D eigenvalue weighted by Crippen LogP contribution is -2.61. The number of likely N-dealkylation sites (tertiary alicyclic amines) is 1. The van der Waals surface area contributed by atoms with Gasteiger partial charge < -0.3 is 14.7 Å². The van der Waals surface area contributed by atoms with Crippen molar-refractivity contribution in [3.8, 4) is 5.75 Å². The molecule has 0 radical (unpaired) electrons. The summed E-state index contributed by atoms with van der Waals surface area (Å²) in [6, 6.07) is 5.86. The first-order chi connectivity index (χ1) is 12.0. The quantitative estimate of drug-likeness (QED) is 0.863. The van der Waals surface area contributed by atoms with E-state index in [0.717, 1.165) is 55.1 Å². The van der Waals surface area contributed by atoms with Gasteiger partial charge in [-0.25, -0.2) is 0 Å². The number of aliphatic hydroxyl groups excluding tert-OH is 1. The van der Waals surface area contributed by atoms with Crippen LogP contribution in [-0.4, -0.2) is 41.7 Å². The SMILES string of the molecule is CC[C@H](CO)C(=O)N1CC2(CCC(Oc3ccc(C)c(Cl)c3)CC2)C1. The van der Waals surface area contributed by atoms with Crippen molar-refractivity contribution < 1.29 is 14.6 Å². The molecule has 5 heteroatoms. The Morgan fingerprint density at radius 1 is 1.40 bits per heavy atom. The summed E-state index contributed by atoms with van der Waals surface area (Å²) in [5.74, 6) is 0.724. The molecule has 2 aliphatic rings. The van der Waals surface area contributed by atoms with Crippen LogP contribution in [0.4, 0.5) is 0 Å². The van der Waals surface area contributed by atoms with Crippen LogP contribution in [0.25, 0.3) is 0 Å². The lowest BCUT2D eigenvalue weighted by atomic mass is 9.67. The van der Waals surface area contributed by atoms with Gasteiger partial charge in [-0.2, -0.15) is 0 Å². The second-order valence-electron chi connectivity index (χ2n) is 7.71. The minimum absolute atomic E-state index is 0.0478. The monoisotopic (exact) mass is 365 g/mol. The van der Waals surface area contributed by atoms with Crippen molar-refractivity contribution in [2.45, 2.75) is 52.1 Å². The van der Waals surface area contributed by atoms with E-state index in [4.69, 9.17) is 16.3 Å². The zero-order valence-electron chi connectivity index (χ0n) is 15.1. The number of halogens is 1. The maximum atomic E-state index is 12.3. The van der Waals surface area contributed by atoms with E-state index in [2.05, 4.69) is 0 Å². The molecule has 1 amide bonds. The number of ether oxygens (including phenoxy) is 1. The lowest BCUT2D eigenvalue weighted by Gasteiger charge is -2.54. The summed E-state index contributed by atoms with van der Waals surface area (Å²) in [4.78, 5) is 14.2. The predicted molar refractivity (Wildman–Crippen MR) is 99.0 cm³/mol. The Labute approximate surface area is 155 Å². The summed E-state index contributed by atoms with van der Waals surface area (Å²) in [6.07, 6.45) is 5.16. The third-order valence-corrected chi connectivity index (χ3v) is 6.27. The second-order valence-corrected chi connectivity index (χ2v) is 8.12. The smallest absolute Gasteiger partial charge is 0.228 e. The van der Waals surface area contributed by atoms with Crippen molar-refractivity contribution in [1.29, 1.82) is 0 Å². The van der Waals surface area contributed by atoms with Crippen molar-refractivity contribution in [2.24, 2.45) is 11.3 Å². The molecule has 0 unspecified atom stereocenters. The molecule has 1 aromatic carbocycles. The highest BCUT2D eigenvalue weighted by molar-refractivity contribution is 6.31. The van der Waals surface area contributed by atoms with Gasteiger partial charge >= 0.3 is 0 Å². The average Bonchev–Trinajstić information content (AvgIpc) is 2.58. The summed E-state index contributed by atoms with van der Waals surface area (Å²) in [7, 11) is 0. The minimum atomic E-state index is -0.233. The van der Waals surface area contributed by atoms with Gasteiger partial charge in [-0.1, -0.05) is 24.6 Å². The Kier molecular flexibility index (Phi) is 5.59. The number of benzene rings is 1. The molecule has 1 saturated carbocycles. The van der Waals surface area contributed by atoms with E-state index in [9.17, 15) is 9.90 Å². The molecule has 4 nitrogen and oxygen atoms in total. The van der Waals surface area contributed by atoms with Gasteiger partial charge in [-0.3, -0.25) is 4.79 Å². The molecule has 25 heavy (non-hydrogen) atoms. The number of carbonyl (C=O) groups is 1. The molecular formula is C20H28ClNO3. The summed E-state index contributed by atoms with van der Waals surface area (Å²) >= 11 is 6.17. The van der Waals surface area contributed by atoms with Gasteiger partial charge in [-0.15, -0.1) is 0 Å². The van der Waals surface area contributed by atoms with Crippen molar-refractivity contribution in [3.63, 3.8) is 0 Å². The van der Waals surface area contributed by atoms with E-state index in [1.807, 2.05) is 36.9 Å². The molecule has 0 bridgehead atoms. The number of hydrogen-bond acceptors (Lipinski definition) is 3. The fourth-order valence-corrected chi connectivity index (χ4v) is 4.21. The molecule has 1 N–H and O–H groups in total. The number of carbonyl (C=O) groups excluding carboxylic acids is 1. The molecule has 1 aliphatic heterocycles. The van der Waals surface area contributed by atoms with E-state index < -0.39 is 0 Å². The highest BCUT2D eigenvalue weighted by Crippen LogP contribution is 2.45. The lowest BCUT2D eigenvalue weighted by molar-refractivity contribution is -0.152. The molecule has 138 valence electrons. The highest BCUT2D eigenvalue weighted by atomic mass is 35.5. The molecule has 1 aromatic rings. The molecular weight excluding hydrogens is 338 g/mol. The van der Waals surface area contributed by atoms with Crippen LogP contribution in [0.3, 0.4) is 0 Å². The first-order valence-electron chi connectivity index (χ1n) is 9.29. The summed E-state index contributed by atoms with van der Waals surface area (Å²) < 4.78 is 6.10. The minimum Gasteiger partial charge on any atom is -0.490 e. The van der Waals surface area contributed by atoms with E-state index in [0.29, 0.717) is 6.42 Å². The molecule has 1 aliphatic carbocycles. The molecule has 3 rings (SSSR count). The summed E-state index contributed by atoms with van der Waals surface area (Å²) in [5, 5.41) is 10.0. The first-order valence-corrected chi connectivity index (χ1v) is 9.66. The molecule has 0 aromatic heterocycles. The maximum absolute atomic E-state index is 12.3. The van der Waals surface area contributed by atoms with Crippen LogP contribution in [0, 0.1) is 18.3 Å². The van der Waals surface area contributed by atoms with E-state index in [1.165, 1.54) is 0 Å². The Balaban J connectivity index is 1.48. The fourth-order valence-electron chi connectivity index (χ4n) is 4.04. The summed E-state index contributed by atoms with van der Waals surface area (Å²) in [6.45, 7) is 5.57. The van der Waals surface area contributed by atoms with Gasteiger partial charge in [-0.05, 0) is 56.7 Å². The normalized spacial score (nSPS) is 21.0. The molecule has 1 atom stereocenters. The molecule has 1 spiro atoms. The van der Waals surface area contributed by atoms with Crippen LogP contribution in [0.15, 0.2) is 18.2 Å². The van der Waals surface area contributed by atoms with Gasteiger partial charge in [0.25, 0.3) is 0 Å². The maximum Gasteiger partial charge on any atom is 0.228 e. The zero-order valence-corrected chi connectivity index (χ0v) is 15.9. The highest BCUT2D eigenvalue weighted by Gasteiger charge is 2.47. The summed E-state index contributed by atoms with van der Waals surface area (Å²) in [5.41, 5.74) is 1.33. The van der Waals surface area contributed by atoms with Gasteiger partial charge in [0.2, 0.25) is 5.91 Å². The van der Waals surface area contributed by atoms with E-state index in [-0.39, 0.29) is 30.0 Å². The number of rotatable bonds is 5. The topological polar surface area (TPSA) is 49.8 Å². The van der Waals surface area contributed by atoms with Crippen LogP contribution < -0.4 is 4.74 Å². The second kappa shape index (κ2) is 7.55. The van der Waals surface area contributed by atoms with Crippen molar-refractivity contribution in [1.82, 2.24) is 4.90 Å². The Morgan fingerprint density at radius 2 is 2.08 bits per heavy atom. The van der Waals surface area contributed by atoms with Gasteiger partial charge in [0.1, 0.15) is 5.75 Å². The van der Waals surface area contributed by atoms with Crippen LogP contribution in [-0.2, 0) is 4.79 Å². The van der Waals surface area contributed by atoms with Crippen molar-refractivity contribution >= 4 is 17.5 Å². The van der Waals surface area contributed by atoms with Crippen molar-refractivity contribution in [3.05, 3.63) is 28.8 Å². The first kappa shape index (κ1) is 18.5. The number of hydrogen-bond donors (Lipinski definition) is 1. The number of aliphatic hydroxyl groups is 1. The van der Waals surface area contributed by atoms with Crippen LogP contribution in [0.5, 0.6) is 5.75 Å². The average molecular weight is 366 g/mol. The third kappa shape index (κ3) is 3.95. The van der Waals surface area contributed by atoms with Crippen LogP contribution >= 0.6 is 11.6 Å². The number of amides is 1. The standard InChI is InChI=1S/C20H28ClNO3/c1-3-15(11-23)19(24)22-12-20(13-22)8-6-16(7-9-20)25-17-5-4-14(2)18(21)10-17/h4-5,10,15-16,23H,3,6-9,11-13H2,1-2H3/t15-/m1/s1. The third-order valence-electron chi connectivity index (χ3n) is 5.87. The van der Waals surface area contributed by atoms with Crippen LogP contribution in [0.1, 0.15) is 44.6 Å². The fraction of sp³-hybridized carbons (Fsp3) is 0.650. The van der Waals surface area contributed by atoms with Gasteiger partial charge in [0.15, 0.2) is 0 Å². The predicted octanol–water partition coefficient (Wildman–Crippen LogP) is 3.82.